The maximum atomic E-state index is 14.3. The number of aliphatic hydroxyl groups is 1. The zero-order valence-corrected chi connectivity index (χ0v) is 22.9. The number of carbonyl (C=O) groups is 3. The summed E-state index contributed by atoms with van der Waals surface area (Å²) in [6.07, 6.45) is 8.77. The first-order chi connectivity index (χ1) is 18.5. The Balaban J connectivity index is 1.60. The third-order valence-electron chi connectivity index (χ3n) is 8.04. The van der Waals surface area contributed by atoms with Crippen LogP contribution in [0.15, 0.2) is 55.6 Å². The minimum Gasteiger partial charge on any atom is -0.465 e. The van der Waals surface area contributed by atoms with Gasteiger partial charge in [0.2, 0.25) is 11.8 Å². The summed E-state index contributed by atoms with van der Waals surface area (Å²) in [6, 6.07) is 9.16. The molecule has 2 unspecified atom stereocenters. The molecule has 3 heterocycles. The molecule has 206 valence electrons. The number of allylic oxidation sites excluding steroid dienone is 1. The number of nitrogens with zero attached hydrogens (tertiary/aromatic N) is 2. The Bertz CT molecular complexity index is 1020. The van der Waals surface area contributed by atoms with Gasteiger partial charge in [-0.1, -0.05) is 42.5 Å². The van der Waals surface area contributed by atoms with E-state index in [1.807, 2.05) is 36.4 Å². The van der Waals surface area contributed by atoms with E-state index in [-0.39, 0.29) is 29.6 Å². The molecular weight excluding hydrogens is 500 g/mol. The number of likely N-dealkylation sites (tertiary alicyclic amines) is 1. The maximum absolute atomic E-state index is 14.3. The first kappa shape index (κ1) is 28.4. The molecule has 5 atom stereocenters. The van der Waals surface area contributed by atoms with Gasteiger partial charge in [0, 0.05) is 31.5 Å². The van der Waals surface area contributed by atoms with Gasteiger partial charge in [0.05, 0.1) is 23.2 Å². The molecule has 3 fully saturated rings. The summed E-state index contributed by atoms with van der Waals surface area (Å²) in [7, 11) is 0. The highest BCUT2D eigenvalue weighted by molar-refractivity contribution is 8.02. The van der Waals surface area contributed by atoms with Crippen LogP contribution < -0.4 is 0 Å². The number of rotatable bonds is 15. The van der Waals surface area contributed by atoms with Crippen LogP contribution in [0.2, 0.25) is 0 Å². The average molecular weight is 541 g/mol. The predicted molar refractivity (Wildman–Crippen MR) is 149 cm³/mol. The second-order valence-electron chi connectivity index (χ2n) is 10.5. The van der Waals surface area contributed by atoms with Gasteiger partial charge in [0.25, 0.3) is 0 Å². The van der Waals surface area contributed by atoms with Crippen LogP contribution in [-0.4, -0.2) is 75.0 Å². The second kappa shape index (κ2) is 13.0. The molecular formula is C30H40N2O5S. The molecule has 3 saturated heterocycles. The number of hydrogen-bond donors (Lipinski definition) is 1. The molecule has 0 aromatic heterocycles. The van der Waals surface area contributed by atoms with E-state index in [4.69, 9.17) is 4.74 Å². The van der Waals surface area contributed by atoms with E-state index in [1.54, 1.807) is 27.6 Å². The van der Waals surface area contributed by atoms with Crippen molar-refractivity contribution < 1.29 is 24.2 Å². The first-order valence-electron chi connectivity index (χ1n) is 13.8. The fourth-order valence-corrected chi connectivity index (χ4v) is 8.56. The zero-order chi connectivity index (χ0) is 27.1. The van der Waals surface area contributed by atoms with Gasteiger partial charge in [-0.15, -0.1) is 24.9 Å². The van der Waals surface area contributed by atoms with E-state index in [2.05, 4.69) is 13.2 Å². The topological polar surface area (TPSA) is 87.2 Å². The van der Waals surface area contributed by atoms with Crippen LogP contribution in [0.1, 0.15) is 50.5 Å². The highest BCUT2D eigenvalue weighted by Crippen LogP contribution is 2.66. The Kier molecular flexibility index (Phi) is 9.71. The number of hydrogen-bond acceptors (Lipinski definition) is 6. The van der Waals surface area contributed by atoms with Crippen molar-refractivity contribution in [2.45, 2.75) is 67.5 Å². The smallest absolute Gasteiger partial charge is 0.310 e. The van der Waals surface area contributed by atoms with Crippen molar-refractivity contribution in [2.75, 3.05) is 26.3 Å². The minimum absolute atomic E-state index is 0.0125. The van der Waals surface area contributed by atoms with E-state index in [9.17, 15) is 19.5 Å². The van der Waals surface area contributed by atoms with Crippen LogP contribution in [0, 0.1) is 11.8 Å². The predicted octanol–water partition coefficient (Wildman–Crippen LogP) is 3.96. The number of aliphatic hydroxyl groups excluding tert-OH is 1. The molecule has 1 aromatic rings. The van der Waals surface area contributed by atoms with Gasteiger partial charge >= 0.3 is 5.97 Å². The molecule has 0 saturated carbocycles. The second-order valence-corrected chi connectivity index (χ2v) is 12.1. The van der Waals surface area contributed by atoms with E-state index in [0.29, 0.717) is 39.1 Å². The molecule has 0 aliphatic carbocycles. The van der Waals surface area contributed by atoms with Crippen LogP contribution in [0.4, 0.5) is 0 Å². The molecule has 0 radical (unpaired) electrons. The Morgan fingerprint density at radius 2 is 1.95 bits per heavy atom. The Morgan fingerprint density at radius 1 is 1.16 bits per heavy atom. The zero-order valence-electron chi connectivity index (χ0n) is 22.1. The third-order valence-corrected chi connectivity index (χ3v) is 9.99. The van der Waals surface area contributed by atoms with Crippen molar-refractivity contribution in [3.05, 3.63) is 61.2 Å². The highest BCUT2D eigenvalue weighted by atomic mass is 32.2. The maximum Gasteiger partial charge on any atom is 0.310 e. The van der Waals surface area contributed by atoms with Crippen LogP contribution in [0.5, 0.6) is 0 Å². The van der Waals surface area contributed by atoms with E-state index in [1.165, 1.54) is 0 Å². The lowest BCUT2D eigenvalue weighted by Gasteiger charge is -2.37. The van der Waals surface area contributed by atoms with Gasteiger partial charge < -0.3 is 19.6 Å². The molecule has 3 aliphatic rings. The molecule has 2 bridgehead atoms. The quantitative estimate of drug-likeness (QED) is 0.206. The molecule has 8 heteroatoms. The summed E-state index contributed by atoms with van der Waals surface area (Å²) in [5.74, 6) is -1.61. The van der Waals surface area contributed by atoms with Gasteiger partial charge in [0.1, 0.15) is 6.04 Å². The number of ether oxygens (including phenoxy) is 1. The van der Waals surface area contributed by atoms with Gasteiger partial charge in [-0.3, -0.25) is 14.4 Å². The van der Waals surface area contributed by atoms with E-state index >= 15 is 0 Å². The summed E-state index contributed by atoms with van der Waals surface area (Å²) in [5, 5.41) is 9.35. The minimum atomic E-state index is -0.650. The standard InChI is InChI=1S/C30H40N2O5S/c1-3-5-6-12-20-37-29(36)24-23-15-16-30(38-23)25(24)27(34)32(18-10-11-19-33)26(30)28(35)31(17-4-2)21-22-13-8-7-9-14-22/h3-4,7-9,13-14,23-26,33H,1-2,5-6,10-12,15-21H2/t23-,24+,25-,26?,30?/m0/s1. The van der Waals surface area contributed by atoms with Gasteiger partial charge in [-0.25, -0.2) is 0 Å². The van der Waals surface area contributed by atoms with Crippen LogP contribution >= 0.6 is 11.8 Å². The average Bonchev–Trinajstić information content (AvgIpc) is 3.56. The summed E-state index contributed by atoms with van der Waals surface area (Å²) >= 11 is 1.66. The van der Waals surface area contributed by atoms with Crippen molar-refractivity contribution in [1.29, 1.82) is 0 Å². The van der Waals surface area contributed by atoms with Gasteiger partial charge in [-0.05, 0) is 50.5 Å². The summed E-state index contributed by atoms with van der Waals surface area (Å²) in [4.78, 5) is 45.1. The molecule has 1 aromatic carbocycles. The van der Waals surface area contributed by atoms with Crippen LogP contribution in [0.3, 0.4) is 0 Å². The van der Waals surface area contributed by atoms with Crippen molar-refractivity contribution >= 4 is 29.5 Å². The van der Waals surface area contributed by atoms with Gasteiger partial charge in [-0.2, -0.15) is 0 Å². The summed E-state index contributed by atoms with van der Waals surface area (Å²) in [5.41, 5.74) is 1.01. The third kappa shape index (κ3) is 5.57. The molecule has 1 N–H and O–H groups in total. The SMILES string of the molecule is C=CCCCCOC(=O)[C@@H]1[C@@H]2CCC3(S2)C(C(=O)N(CC=C)Cc2ccccc2)N(CCCCO)C(=O)[C@H]13. The largest absolute Gasteiger partial charge is 0.465 e. The fourth-order valence-electron chi connectivity index (χ4n) is 6.36. The van der Waals surface area contributed by atoms with Crippen molar-refractivity contribution in [3.8, 4) is 0 Å². The molecule has 4 rings (SSSR count). The first-order valence-corrected chi connectivity index (χ1v) is 14.7. The number of carbonyl (C=O) groups excluding carboxylic acids is 3. The molecule has 38 heavy (non-hydrogen) atoms. The lowest BCUT2D eigenvalue weighted by Crippen LogP contribution is -2.54. The van der Waals surface area contributed by atoms with Crippen molar-refractivity contribution in [2.24, 2.45) is 11.8 Å². The Morgan fingerprint density at radius 3 is 2.66 bits per heavy atom. The summed E-state index contributed by atoms with van der Waals surface area (Å²) < 4.78 is 5.04. The van der Waals surface area contributed by atoms with Crippen molar-refractivity contribution in [3.63, 3.8) is 0 Å². The Hall–Kier alpha value is -2.58. The fraction of sp³-hybridized carbons (Fsp3) is 0.567. The number of amides is 2. The van der Waals surface area contributed by atoms with E-state index < -0.39 is 22.6 Å². The van der Waals surface area contributed by atoms with Crippen molar-refractivity contribution in [1.82, 2.24) is 9.80 Å². The number of unbranched alkanes of at least 4 members (excludes halogenated alkanes) is 3. The molecule has 2 amide bonds. The normalized spacial score (nSPS) is 27.3. The lowest BCUT2D eigenvalue weighted by molar-refractivity contribution is -0.154. The Labute approximate surface area is 230 Å². The monoisotopic (exact) mass is 540 g/mol. The molecule has 7 nitrogen and oxygen atoms in total. The molecule has 1 spiro atoms. The number of fused-ring (bicyclic) bond motifs is 1. The highest BCUT2D eigenvalue weighted by Gasteiger charge is 2.74. The van der Waals surface area contributed by atoms with Crippen LogP contribution in [-0.2, 0) is 25.7 Å². The summed E-state index contributed by atoms with van der Waals surface area (Å²) in [6.45, 7) is 9.13. The molecule has 3 aliphatic heterocycles. The number of benzene rings is 1. The van der Waals surface area contributed by atoms with E-state index in [0.717, 1.165) is 37.7 Å². The van der Waals surface area contributed by atoms with Crippen LogP contribution in [0.25, 0.3) is 0 Å². The number of esters is 1. The van der Waals surface area contributed by atoms with Gasteiger partial charge in [0.15, 0.2) is 0 Å². The number of thioether (sulfide) groups is 1. The lowest BCUT2D eigenvalue weighted by atomic mass is 9.71.